The van der Waals surface area contributed by atoms with Crippen molar-refractivity contribution in [1.82, 2.24) is 4.90 Å². The van der Waals surface area contributed by atoms with E-state index in [1.165, 1.54) is 18.1 Å². The van der Waals surface area contributed by atoms with Crippen molar-refractivity contribution < 1.29 is 9.53 Å². The largest absolute Gasteiger partial charge is 0.362 e. The summed E-state index contributed by atoms with van der Waals surface area (Å²) in [5, 5.41) is 0. The van der Waals surface area contributed by atoms with Crippen molar-refractivity contribution in [2.45, 2.75) is 39.5 Å². The fourth-order valence-corrected chi connectivity index (χ4v) is 2.35. The maximum Gasteiger partial charge on any atom is 0.244 e. The van der Waals surface area contributed by atoms with E-state index >= 15 is 0 Å². The topological polar surface area (TPSA) is 41.9 Å². The predicted molar refractivity (Wildman–Crippen MR) is 74.9 cm³/mol. The molecule has 1 fully saturated rings. The van der Waals surface area contributed by atoms with Crippen LogP contribution in [0.3, 0.4) is 0 Å². The number of hydrogen-bond donors (Lipinski definition) is 0. The summed E-state index contributed by atoms with van der Waals surface area (Å²) in [7, 11) is 1.70. The van der Waals surface area contributed by atoms with Crippen LogP contribution in [0, 0.1) is 6.92 Å². The Balaban J connectivity index is 2.18. The van der Waals surface area contributed by atoms with Gasteiger partial charge in [0.15, 0.2) is 0 Å². The van der Waals surface area contributed by atoms with Gasteiger partial charge in [0.25, 0.3) is 0 Å². The molecule has 1 heterocycles. The zero-order chi connectivity index (χ0) is 13.8. The lowest BCUT2D eigenvalue weighted by molar-refractivity contribution is -0.115. The van der Waals surface area contributed by atoms with Crippen molar-refractivity contribution in [3.63, 3.8) is 0 Å². The molecule has 19 heavy (non-hydrogen) atoms. The summed E-state index contributed by atoms with van der Waals surface area (Å²) in [5.41, 5.74) is 2.44. The first-order valence-corrected chi connectivity index (χ1v) is 6.53. The standard InChI is InChI=1S/C15H20N2O2/c1-11-4-6-13(7-5-11)10-17-14(16-12(2)18)8-9-15(17)19-3/h4-7,15H,8-10H2,1-3H3. The smallest absolute Gasteiger partial charge is 0.244 e. The van der Waals surface area contributed by atoms with Gasteiger partial charge in [-0.25, -0.2) is 4.99 Å². The lowest BCUT2D eigenvalue weighted by Gasteiger charge is -2.25. The van der Waals surface area contributed by atoms with Crippen LogP contribution >= 0.6 is 0 Å². The molecule has 1 saturated heterocycles. The maximum atomic E-state index is 11.2. The molecule has 0 saturated carbocycles. The molecule has 1 aromatic carbocycles. The highest BCUT2D eigenvalue weighted by Crippen LogP contribution is 2.23. The van der Waals surface area contributed by atoms with E-state index in [0.717, 1.165) is 25.2 Å². The quantitative estimate of drug-likeness (QED) is 0.838. The van der Waals surface area contributed by atoms with Crippen LogP contribution in [0.1, 0.15) is 30.9 Å². The molecule has 2 rings (SSSR count). The third-order valence-corrected chi connectivity index (χ3v) is 3.33. The van der Waals surface area contributed by atoms with E-state index in [4.69, 9.17) is 4.74 Å². The van der Waals surface area contributed by atoms with E-state index in [2.05, 4.69) is 41.1 Å². The van der Waals surface area contributed by atoms with Crippen LogP contribution in [0.25, 0.3) is 0 Å². The number of hydrogen-bond acceptors (Lipinski definition) is 2. The number of benzene rings is 1. The fourth-order valence-electron chi connectivity index (χ4n) is 2.35. The minimum atomic E-state index is -0.152. The highest BCUT2D eigenvalue weighted by Gasteiger charge is 2.29. The van der Waals surface area contributed by atoms with Gasteiger partial charge < -0.3 is 9.64 Å². The Morgan fingerprint density at radius 2 is 2.11 bits per heavy atom. The molecular formula is C15H20N2O2. The van der Waals surface area contributed by atoms with Gasteiger partial charge in [0.2, 0.25) is 5.91 Å². The number of ether oxygens (including phenoxy) is 1. The number of carbonyl (C=O) groups is 1. The normalized spacial score (nSPS) is 21.1. The number of carbonyl (C=O) groups excluding carboxylic acids is 1. The summed E-state index contributed by atoms with van der Waals surface area (Å²) in [6, 6.07) is 8.39. The van der Waals surface area contributed by atoms with Crippen LogP contribution in [-0.2, 0) is 16.1 Å². The zero-order valence-electron chi connectivity index (χ0n) is 11.7. The fraction of sp³-hybridized carbons (Fsp3) is 0.467. The Hall–Kier alpha value is -1.68. The minimum absolute atomic E-state index is 0.0133. The van der Waals surface area contributed by atoms with Gasteiger partial charge in [0.05, 0.1) is 0 Å². The van der Waals surface area contributed by atoms with Crippen molar-refractivity contribution >= 4 is 11.7 Å². The molecule has 4 nitrogen and oxygen atoms in total. The monoisotopic (exact) mass is 260 g/mol. The first-order chi connectivity index (χ1) is 9.10. The number of likely N-dealkylation sites (tertiary alicyclic amines) is 1. The molecule has 0 bridgehead atoms. The Morgan fingerprint density at radius 1 is 1.42 bits per heavy atom. The van der Waals surface area contributed by atoms with Gasteiger partial charge in [0.1, 0.15) is 12.1 Å². The number of aryl methyl sites for hydroxylation is 1. The van der Waals surface area contributed by atoms with Crippen LogP contribution < -0.4 is 0 Å². The third kappa shape index (κ3) is 3.41. The Bertz CT molecular complexity index is 479. The van der Waals surface area contributed by atoms with Crippen molar-refractivity contribution in [3.05, 3.63) is 35.4 Å². The average Bonchev–Trinajstić information content (AvgIpc) is 2.74. The second kappa shape index (κ2) is 5.97. The second-order valence-corrected chi connectivity index (χ2v) is 4.89. The molecule has 1 aliphatic heterocycles. The molecule has 0 aromatic heterocycles. The van der Waals surface area contributed by atoms with Crippen molar-refractivity contribution in [1.29, 1.82) is 0 Å². The van der Waals surface area contributed by atoms with E-state index in [-0.39, 0.29) is 12.1 Å². The molecule has 1 aliphatic rings. The zero-order valence-corrected chi connectivity index (χ0v) is 11.7. The molecule has 0 N–H and O–H groups in total. The van der Waals surface area contributed by atoms with Crippen molar-refractivity contribution in [3.8, 4) is 0 Å². The molecule has 0 aliphatic carbocycles. The van der Waals surface area contributed by atoms with Crippen molar-refractivity contribution in [2.24, 2.45) is 4.99 Å². The van der Waals surface area contributed by atoms with Gasteiger partial charge in [-0.15, -0.1) is 0 Å². The second-order valence-electron chi connectivity index (χ2n) is 4.89. The molecule has 1 unspecified atom stereocenters. The number of amides is 1. The van der Waals surface area contributed by atoms with Crippen LogP contribution in [0.15, 0.2) is 29.3 Å². The number of methoxy groups -OCH3 is 1. The van der Waals surface area contributed by atoms with Gasteiger partial charge in [0, 0.05) is 27.0 Å². The van der Waals surface area contributed by atoms with Gasteiger partial charge >= 0.3 is 0 Å². The Labute approximate surface area is 114 Å². The molecule has 1 aromatic rings. The summed E-state index contributed by atoms with van der Waals surface area (Å²) in [5.74, 6) is 0.681. The van der Waals surface area contributed by atoms with Crippen LogP contribution in [0.4, 0.5) is 0 Å². The van der Waals surface area contributed by atoms with E-state index < -0.39 is 0 Å². The first-order valence-electron chi connectivity index (χ1n) is 6.53. The molecular weight excluding hydrogens is 240 g/mol. The molecule has 1 amide bonds. The lowest BCUT2D eigenvalue weighted by atomic mass is 10.1. The lowest BCUT2D eigenvalue weighted by Crippen LogP contribution is -2.34. The van der Waals surface area contributed by atoms with E-state index in [0.29, 0.717) is 0 Å². The van der Waals surface area contributed by atoms with Crippen molar-refractivity contribution in [2.75, 3.05) is 7.11 Å². The predicted octanol–water partition coefficient (Wildman–Crippen LogP) is 2.51. The van der Waals surface area contributed by atoms with Gasteiger partial charge in [-0.2, -0.15) is 0 Å². The summed E-state index contributed by atoms with van der Waals surface area (Å²) in [6.07, 6.45) is 1.69. The number of nitrogens with zero attached hydrogens (tertiary/aromatic N) is 2. The van der Waals surface area contributed by atoms with Crippen LogP contribution in [0.2, 0.25) is 0 Å². The SMILES string of the molecule is COC1CCC(=NC(C)=O)N1Cc1ccc(C)cc1. The Morgan fingerprint density at radius 3 is 2.68 bits per heavy atom. The summed E-state index contributed by atoms with van der Waals surface area (Å²) in [4.78, 5) is 17.4. The van der Waals surface area contributed by atoms with Crippen LogP contribution in [-0.4, -0.2) is 30.0 Å². The third-order valence-electron chi connectivity index (χ3n) is 3.33. The molecule has 4 heteroatoms. The van der Waals surface area contributed by atoms with Crippen LogP contribution in [0.5, 0.6) is 0 Å². The molecule has 0 radical (unpaired) electrons. The van der Waals surface area contributed by atoms with Gasteiger partial charge in [-0.3, -0.25) is 4.79 Å². The highest BCUT2D eigenvalue weighted by atomic mass is 16.5. The maximum absolute atomic E-state index is 11.2. The number of rotatable bonds is 3. The summed E-state index contributed by atoms with van der Waals surface area (Å²) >= 11 is 0. The molecule has 102 valence electrons. The van der Waals surface area contributed by atoms with E-state index in [1.807, 2.05) is 0 Å². The minimum Gasteiger partial charge on any atom is -0.362 e. The first kappa shape index (κ1) is 13.7. The highest BCUT2D eigenvalue weighted by molar-refractivity contribution is 5.94. The van der Waals surface area contributed by atoms with Gasteiger partial charge in [-0.05, 0) is 18.9 Å². The average molecular weight is 260 g/mol. The summed E-state index contributed by atoms with van der Waals surface area (Å²) < 4.78 is 5.47. The molecule has 0 spiro atoms. The number of amidine groups is 1. The molecule has 1 atom stereocenters. The summed E-state index contributed by atoms with van der Waals surface area (Å²) in [6.45, 7) is 4.28. The van der Waals surface area contributed by atoms with E-state index in [9.17, 15) is 4.79 Å². The number of aliphatic imine (C=N–C) groups is 1. The van der Waals surface area contributed by atoms with E-state index in [1.54, 1.807) is 7.11 Å². The Kier molecular flexibility index (Phi) is 4.32. The van der Waals surface area contributed by atoms with Gasteiger partial charge in [-0.1, -0.05) is 29.8 Å².